The highest BCUT2D eigenvalue weighted by molar-refractivity contribution is 7.14. The normalized spacial score (nSPS) is 10.8. The van der Waals surface area contributed by atoms with Crippen molar-refractivity contribution in [3.05, 3.63) is 83.2 Å². The van der Waals surface area contributed by atoms with Crippen LogP contribution in [0.15, 0.2) is 78.2 Å². The van der Waals surface area contributed by atoms with Crippen LogP contribution < -0.4 is 0 Å². The summed E-state index contributed by atoms with van der Waals surface area (Å²) < 4.78 is 1.97. The van der Waals surface area contributed by atoms with E-state index in [1.807, 2.05) is 52.5 Å². The first-order valence-electron chi connectivity index (χ1n) is 7.27. The molecule has 0 unspecified atom stereocenters. The van der Waals surface area contributed by atoms with Crippen LogP contribution in [-0.2, 0) is 0 Å². The Hall–Kier alpha value is -2.36. The molecule has 4 heteroatoms. The number of para-hydroxylation sites is 1. The van der Waals surface area contributed by atoms with Gasteiger partial charge in [-0.15, -0.1) is 11.3 Å². The van der Waals surface area contributed by atoms with E-state index in [4.69, 9.17) is 16.7 Å². The smallest absolute Gasteiger partial charge is 0.105 e. The molecule has 0 radical (unpaired) electrons. The fourth-order valence-corrected chi connectivity index (χ4v) is 3.66. The predicted octanol–water partition coefficient (Wildman–Crippen LogP) is 5.92. The van der Waals surface area contributed by atoms with Crippen molar-refractivity contribution in [1.82, 2.24) is 9.78 Å². The maximum absolute atomic E-state index is 6.29. The van der Waals surface area contributed by atoms with Gasteiger partial charge in [-0.25, -0.2) is 4.68 Å². The van der Waals surface area contributed by atoms with E-state index in [1.165, 1.54) is 0 Å². The summed E-state index contributed by atoms with van der Waals surface area (Å²) in [4.78, 5) is 0.999. The fraction of sp³-hybridized carbons (Fsp3) is 0. The van der Waals surface area contributed by atoms with Crippen molar-refractivity contribution in [2.75, 3.05) is 0 Å². The first-order chi connectivity index (χ1) is 11.3. The van der Waals surface area contributed by atoms with Gasteiger partial charge in [0, 0.05) is 5.56 Å². The molecule has 2 nitrogen and oxygen atoms in total. The van der Waals surface area contributed by atoms with E-state index in [0.29, 0.717) is 0 Å². The summed E-state index contributed by atoms with van der Waals surface area (Å²) in [6.45, 7) is 0. The summed E-state index contributed by atoms with van der Waals surface area (Å²) >= 11 is 7.90. The summed E-state index contributed by atoms with van der Waals surface area (Å²) in [6, 6.07) is 24.4. The molecule has 4 aromatic rings. The molecule has 23 heavy (non-hydrogen) atoms. The Balaban J connectivity index is 1.93. The lowest BCUT2D eigenvalue weighted by atomic mass is 10.1. The topological polar surface area (TPSA) is 17.8 Å². The van der Waals surface area contributed by atoms with Gasteiger partial charge in [0.1, 0.15) is 5.69 Å². The Morgan fingerprint density at radius 3 is 2.22 bits per heavy atom. The van der Waals surface area contributed by atoms with E-state index in [2.05, 4.69) is 30.3 Å². The second-order valence-electron chi connectivity index (χ2n) is 5.13. The number of hydrogen-bond acceptors (Lipinski definition) is 2. The largest absolute Gasteiger partial charge is 0.232 e. The van der Waals surface area contributed by atoms with Crippen LogP contribution in [0.1, 0.15) is 0 Å². The molecule has 0 saturated carbocycles. The van der Waals surface area contributed by atoms with Gasteiger partial charge >= 0.3 is 0 Å². The minimum Gasteiger partial charge on any atom is -0.232 e. The Morgan fingerprint density at radius 2 is 1.57 bits per heavy atom. The maximum atomic E-state index is 6.29. The van der Waals surface area contributed by atoms with E-state index < -0.39 is 0 Å². The predicted molar refractivity (Wildman–Crippen MR) is 97.3 cm³/mol. The molecule has 2 aromatic heterocycles. The quantitative estimate of drug-likeness (QED) is 0.454. The molecule has 0 N–H and O–H groups in total. The molecule has 0 bridgehead atoms. The van der Waals surface area contributed by atoms with Crippen molar-refractivity contribution in [3.8, 4) is 27.5 Å². The molecule has 0 saturated heterocycles. The summed E-state index contributed by atoms with van der Waals surface area (Å²) in [5.74, 6) is 0. The number of halogens is 1. The minimum absolute atomic E-state index is 0.743. The van der Waals surface area contributed by atoms with Gasteiger partial charge in [0.2, 0.25) is 0 Å². The molecule has 2 aromatic carbocycles. The van der Waals surface area contributed by atoms with Crippen LogP contribution in [0, 0.1) is 0 Å². The molecule has 0 atom stereocenters. The van der Waals surface area contributed by atoms with Crippen molar-refractivity contribution >= 4 is 22.9 Å². The second kappa shape index (κ2) is 6.03. The van der Waals surface area contributed by atoms with Crippen LogP contribution in [0.2, 0.25) is 5.02 Å². The molecule has 0 fully saturated rings. The molecule has 0 aliphatic heterocycles. The number of rotatable bonds is 3. The standard InChI is InChI=1S/C19H13ClN2S/c20-16-11-12-23-19(16)17-13-18(14-7-3-1-4-8-14)22(21-17)15-9-5-2-6-10-15/h1-13H. The van der Waals surface area contributed by atoms with Crippen LogP contribution >= 0.6 is 22.9 Å². The lowest BCUT2D eigenvalue weighted by molar-refractivity contribution is 0.893. The van der Waals surface area contributed by atoms with Gasteiger partial charge in [-0.3, -0.25) is 0 Å². The highest BCUT2D eigenvalue weighted by Gasteiger charge is 2.15. The third-order valence-electron chi connectivity index (χ3n) is 3.63. The summed E-state index contributed by atoms with van der Waals surface area (Å²) in [7, 11) is 0. The Morgan fingerprint density at radius 1 is 0.870 bits per heavy atom. The van der Waals surface area contributed by atoms with Gasteiger partial charge in [-0.2, -0.15) is 5.10 Å². The van der Waals surface area contributed by atoms with E-state index in [-0.39, 0.29) is 0 Å². The van der Waals surface area contributed by atoms with Gasteiger partial charge < -0.3 is 0 Å². The molecule has 4 rings (SSSR count). The molecule has 0 aliphatic carbocycles. The van der Waals surface area contributed by atoms with Crippen molar-refractivity contribution in [3.63, 3.8) is 0 Å². The monoisotopic (exact) mass is 336 g/mol. The average Bonchev–Trinajstić information content (AvgIpc) is 3.22. The number of nitrogens with zero attached hydrogens (tertiary/aromatic N) is 2. The van der Waals surface area contributed by atoms with Crippen LogP contribution in [0.25, 0.3) is 27.5 Å². The first kappa shape index (κ1) is 14.2. The Labute approximate surface area is 143 Å². The van der Waals surface area contributed by atoms with Crippen LogP contribution in [0.4, 0.5) is 0 Å². The first-order valence-corrected chi connectivity index (χ1v) is 8.53. The molecule has 0 amide bonds. The average molecular weight is 337 g/mol. The zero-order valence-corrected chi connectivity index (χ0v) is 13.8. The van der Waals surface area contributed by atoms with Crippen molar-refractivity contribution in [2.24, 2.45) is 0 Å². The highest BCUT2D eigenvalue weighted by atomic mass is 35.5. The van der Waals surface area contributed by atoms with Gasteiger partial charge in [0.05, 0.1) is 21.3 Å². The zero-order valence-electron chi connectivity index (χ0n) is 12.2. The number of aromatic nitrogens is 2. The van der Waals surface area contributed by atoms with Crippen molar-refractivity contribution in [2.45, 2.75) is 0 Å². The Kier molecular flexibility index (Phi) is 3.74. The SMILES string of the molecule is Clc1ccsc1-c1cc(-c2ccccc2)n(-c2ccccc2)n1. The van der Waals surface area contributed by atoms with E-state index in [1.54, 1.807) is 11.3 Å². The maximum Gasteiger partial charge on any atom is 0.105 e. The van der Waals surface area contributed by atoms with Crippen LogP contribution in [0.3, 0.4) is 0 Å². The Bertz CT molecular complexity index is 869. The second-order valence-corrected chi connectivity index (χ2v) is 6.45. The van der Waals surface area contributed by atoms with Crippen LogP contribution in [-0.4, -0.2) is 9.78 Å². The van der Waals surface area contributed by atoms with Gasteiger partial charge in [-0.05, 0) is 29.6 Å². The molecular formula is C19H13ClN2S. The third-order valence-corrected chi connectivity index (χ3v) is 4.99. The van der Waals surface area contributed by atoms with Crippen LogP contribution in [0.5, 0.6) is 0 Å². The number of thiophene rings is 1. The van der Waals surface area contributed by atoms with Gasteiger partial charge in [-0.1, -0.05) is 60.1 Å². The minimum atomic E-state index is 0.743. The van der Waals surface area contributed by atoms with Crippen molar-refractivity contribution in [1.29, 1.82) is 0 Å². The van der Waals surface area contributed by atoms with Gasteiger partial charge in [0.25, 0.3) is 0 Å². The summed E-state index contributed by atoms with van der Waals surface area (Å²) in [5.41, 5.74) is 4.11. The third kappa shape index (κ3) is 2.69. The van der Waals surface area contributed by atoms with E-state index in [0.717, 1.165) is 32.5 Å². The molecular weight excluding hydrogens is 324 g/mol. The number of hydrogen-bond donors (Lipinski definition) is 0. The lowest BCUT2D eigenvalue weighted by Gasteiger charge is -2.07. The molecule has 112 valence electrons. The zero-order chi connectivity index (χ0) is 15.6. The van der Waals surface area contributed by atoms with Crippen molar-refractivity contribution < 1.29 is 0 Å². The summed E-state index contributed by atoms with van der Waals surface area (Å²) in [6.07, 6.45) is 0. The molecule has 0 aliphatic rings. The molecule has 2 heterocycles. The summed E-state index contributed by atoms with van der Waals surface area (Å²) in [5, 5.41) is 7.53. The highest BCUT2D eigenvalue weighted by Crippen LogP contribution is 2.35. The molecule has 0 spiro atoms. The fourth-order valence-electron chi connectivity index (χ4n) is 2.55. The number of benzene rings is 2. The van der Waals surface area contributed by atoms with E-state index in [9.17, 15) is 0 Å². The lowest BCUT2D eigenvalue weighted by Crippen LogP contribution is -1.98. The van der Waals surface area contributed by atoms with Gasteiger partial charge in [0.15, 0.2) is 0 Å². The van der Waals surface area contributed by atoms with E-state index >= 15 is 0 Å².